The van der Waals surface area contributed by atoms with Crippen LogP contribution in [0.4, 0.5) is 0 Å². The predicted octanol–water partition coefficient (Wildman–Crippen LogP) is 4.96. The van der Waals surface area contributed by atoms with Crippen LogP contribution in [0.2, 0.25) is 5.02 Å². The fraction of sp³-hybridized carbons (Fsp3) is 0.476. The van der Waals surface area contributed by atoms with E-state index in [1.54, 1.807) is 29.4 Å². The van der Waals surface area contributed by atoms with Crippen LogP contribution in [0.3, 0.4) is 0 Å². The molecule has 1 aromatic heterocycles. The van der Waals surface area contributed by atoms with Crippen LogP contribution in [0.25, 0.3) is 0 Å². The molecule has 1 aliphatic rings. The average Bonchev–Trinajstić information content (AvgIpc) is 3.11. The second kappa shape index (κ2) is 8.11. The number of hydrogen-bond acceptors (Lipinski definition) is 4. The highest BCUT2D eigenvalue weighted by atomic mass is 35.5. The van der Waals surface area contributed by atoms with Crippen LogP contribution in [0, 0.1) is 0 Å². The highest BCUT2D eigenvalue weighted by Crippen LogP contribution is 2.42. The van der Waals surface area contributed by atoms with Crippen LogP contribution in [0.15, 0.2) is 29.6 Å². The van der Waals surface area contributed by atoms with Crippen molar-refractivity contribution in [1.29, 1.82) is 0 Å². The third kappa shape index (κ3) is 3.81. The Morgan fingerprint density at radius 2 is 2.07 bits per heavy atom. The Bertz CT molecular complexity index is 848. The van der Waals surface area contributed by atoms with Crippen LogP contribution in [0.1, 0.15) is 61.7 Å². The van der Waals surface area contributed by atoms with Gasteiger partial charge >= 0.3 is 0 Å². The Morgan fingerprint density at radius 1 is 1.33 bits per heavy atom. The summed E-state index contributed by atoms with van der Waals surface area (Å²) in [6.07, 6.45) is 3.02. The van der Waals surface area contributed by atoms with Crippen molar-refractivity contribution in [3.8, 4) is 0 Å². The molecule has 3 rings (SSSR count). The Labute approximate surface area is 169 Å². The quantitative estimate of drug-likeness (QED) is 0.707. The number of aromatic nitrogens is 1. The summed E-state index contributed by atoms with van der Waals surface area (Å²) in [6, 6.07) is 7.37. The van der Waals surface area contributed by atoms with Gasteiger partial charge in [-0.2, -0.15) is 0 Å². The van der Waals surface area contributed by atoms with E-state index in [1.165, 1.54) is 0 Å². The lowest BCUT2D eigenvalue weighted by molar-refractivity contribution is -0.147. The molecule has 1 atom stereocenters. The van der Waals surface area contributed by atoms with E-state index in [1.807, 2.05) is 23.6 Å². The summed E-state index contributed by atoms with van der Waals surface area (Å²) in [5.74, 6) is 0.301. The Morgan fingerprint density at radius 3 is 2.70 bits per heavy atom. The van der Waals surface area contributed by atoms with E-state index < -0.39 is 5.54 Å². The third-order valence-corrected chi connectivity index (χ3v) is 6.84. The van der Waals surface area contributed by atoms with Gasteiger partial charge in [0.05, 0.1) is 17.1 Å². The average molecular weight is 405 g/mol. The van der Waals surface area contributed by atoms with E-state index in [9.17, 15) is 9.59 Å². The van der Waals surface area contributed by atoms with Crippen molar-refractivity contribution in [3.05, 3.63) is 50.9 Å². The standard InChI is InChI=1S/C21H25ClN2O2S/c1-14(2)20-23-15(13-27-20)12-19(26)24(3)21(11-7-6-10-18(21)25)16-8-4-5-9-17(16)22/h4-5,8-9,13-14H,6-7,10-12H2,1-3H3. The van der Waals surface area contributed by atoms with Gasteiger partial charge in [0, 0.05) is 35.4 Å². The van der Waals surface area contributed by atoms with E-state index in [2.05, 4.69) is 18.8 Å². The fourth-order valence-corrected chi connectivity index (χ4v) is 4.91. The van der Waals surface area contributed by atoms with Crippen LogP contribution >= 0.6 is 22.9 Å². The first-order valence-corrected chi connectivity index (χ1v) is 10.6. The maximum Gasteiger partial charge on any atom is 0.229 e. The zero-order valence-corrected chi connectivity index (χ0v) is 17.6. The molecule has 0 radical (unpaired) electrons. The van der Waals surface area contributed by atoms with Crippen LogP contribution in [-0.2, 0) is 21.5 Å². The number of nitrogens with zero attached hydrogens (tertiary/aromatic N) is 2. The van der Waals surface area contributed by atoms with Crippen LogP contribution in [-0.4, -0.2) is 28.6 Å². The molecule has 0 aliphatic heterocycles. The highest BCUT2D eigenvalue weighted by molar-refractivity contribution is 7.09. The van der Waals surface area contributed by atoms with Gasteiger partial charge in [0.1, 0.15) is 5.54 Å². The van der Waals surface area contributed by atoms with Gasteiger partial charge in [0.25, 0.3) is 0 Å². The molecule has 4 nitrogen and oxygen atoms in total. The van der Waals surface area contributed by atoms with Gasteiger partial charge in [-0.1, -0.05) is 43.6 Å². The number of rotatable bonds is 5. The molecule has 1 heterocycles. The molecule has 1 amide bonds. The molecule has 1 unspecified atom stereocenters. The summed E-state index contributed by atoms with van der Waals surface area (Å²) in [4.78, 5) is 32.4. The summed E-state index contributed by atoms with van der Waals surface area (Å²) < 4.78 is 0. The summed E-state index contributed by atoms with van der Waals surface area (Å²) in [6.45, 7) is 4.17. The smallest absolute Gasteiger partial charge is 0.229 e. The molecule has 144 valence electrons. The molecule has 0 spiro atoms. The van der Waals surface area contributed by atoms with E-state index in [4.69, 9.17) is 11.6 Å². The number of thiazole rings is 1. The first kappa shape index (κ1) is 20.0. The number of carbonyl (C=O) groups is 2. The van der Waals surface area contributed by atoms with Gasteiger partial charge < -0.3 is 4.90 Å². The molecule has 1 aliphatic carbocycles. The van der Waals surface area contributed by atoms with Crippen LogP contribution < -0.4 is 0 Å². The molecule has 0 N–H and O–H groups in total. The predicted molar refractivity (Wildman–Crippen MR) is 109 cm³/mol. The first-order valence-electron chi connectivity index (χ1n) is 9.35. The molecule has 27 heavy (non-hydrogen) atoms. The number of carbonyl (C=O) groups excluding carboxylic acids is 2. The van der Waals surface area contributed by atoms with Crippen molar-refractivity contribution in [2.75, 3.05) is 7.05 Å². The second-order valence-corrected chi connectivity index (χ2v) is 8.73. The number of halogens is 1. The number of benzene rings is 1. The van der Waals surface area contributed by atoms with Crippen LogP contribution in [0.5, 0.6) is 0 Å². The maximum absolute atomic E-state index is 13.1. The maximum atomic E-state index is 13.1. The minimum atomic E-state index is -0.982. The van der Waals surface area contributed by atoms with Crippen molar-refractivity contribution in [2.24, 2.45) is 0 Å². The molecule has 6 heteroatoms. The Balaban J connectivity index is 1.93. The number of amides is 1. The molecule has 0 saturated heterocycles. The number of Topliss-reactive ketones (excluding diaryl/α,β-unsaturated/α-hetero) is 1. The number of ketones is 1. The molecular formula is C21H25ClN2O2S. The lowest BCUT2D eigenvalue weighted by atomic mass is 9.74. The van der Waals surface area contributed by atoms with Gasteiger partial charge in [-0.15, -0.1) is 11.3 Å². The summed E-state index contributed by atoms with van der Waals surface area (Å²) >= 11 is 8.03. The largest absolute Gasteiger partial charge is 0.328 e. The van der Waals surface area contributed by atoms with E-state index >= 15 is 0 Å². The molecule has 2 aromatic rings. The minimum Gasteiger partial charge on any atom is -0.328 e. The third-order valence-electron chi connectivity index (χ3n) is 5.32. The van der Waals surface area contributed by atoms with Gasteiger partial charge in [-0.05, 0) is 25.3 Å². The normalized spacial score (nSPS) is 20.1. The van der Waals surface area contributed by atoms with Gasteiger partial charge in [0.15, 0.2) is 5.78 Å². The molecule has 0 bridgehead atoms. The summed E-state index contributed by atoms with van der Waals surface area (Å²) in [7, 11) is 1.73. The zero-order chi connectivity index (χ0) is 19.6. The molecule has 1 aromatic carbocycles. The van der Waals surface area contributed by atoms with Gasteiger partial charge in [0.2, 0.25) is 5.91 Å². The fourth-order valence-electron chi connectivity index (χ4n) is 3.78. The van der Waals surface area contributed by atoms with Crippen molar-refractivity contribution < 1.29 is 9.59 Å². The molecular weight excluding hydrogens is 380 g/mol. The molecule has 1 fully saturated rings. The Hall–Kier alpha value is -1.72. The zero-order valence-electron chi connectivity index (χ0n) is 16.0. The summed E-state index contributed by atoms with van der Waals surface area (Å²) in [5, 5.41) is 3.49. The van der Waals surface area contributed by atoms with Crippen molar-refractivity contribution in [1.82, 2.24) is 9.88 Å². The second-order valence-electron chi connectivity index (χ2n) is 7.43. The summed E-state index contributed by atoms with van der Waals surface area (Å²) in [5.41, 5.74) is 0.511. The van der Waals surface area contributed by atoms with Crippen molar-refractivity contribution in [3.63, 3.8) is 0 Å². The monoisotopic (exact) mass is 404 g/mol. The Kier molecular flexibility index (Phi) is 6.02. The molecule has 1 saturated carbocycles. The van der Waals surface area contributed by atoms with Crippen molar-refractivity contribution in [2.45, 2.75) is 57.4 Å². The van der Waals surface area contributed by atoms with Crippen molar-refractivity contribution >= 4 is 34.6 Å². The number of likely N-dealkylation sites (N-methyl/N-ethyl adjacent to an activating group) is 1. The van der Waals surface area contributed by atoms with Gasteiger partial charge in [-0.3, -0.25) is 9.59 Å². The first-order chi connectivity index (χ1) is 12.9. The lowest BCUT2D eigenvalue weighted by Gasteiger charge is -2.44. The highest BCUT2D eigenvalue weighted by Gasteiger charge is 2.47. The van der Waals surface area contributed by atoms with E-state index in [0.29, 0.717) is 23.8 Å². The SMILES string of the molecule is CC(C)c1nc(CC(=O)N(C)C2(c3ccccc3Cl)CCCCC2=O)cs1. The minimum absolute atomic E-state index is 0.0684. The van der Waals surface area contributed by atoms with Gasteiger partial charge in [-0.25, -0.2) is 4.98 Å². The van der Waals surface area contributed by atoms with E-state index in [0.717, 1.165) is 29.1 Å². The van der Waals surface area contributed by atoms with E-state index in [-0.39, 0.29) is 18.1 Å². The number of hydrogen-bond donors (Lipinski definition) is 0. The topological polar surface area (TPSA) is 50.3 Å². The lowest BCUT2D eigenvalue weighted by Crippen LogP contribution is -2.54.